The molecule has 0 spiro atoms. The molecule has 0 aliphatic carbocycles. The van der Waals surface area contributed by atoms with E-state index < -0.39 is 15.4 Å². The number of nitrogens with zero attached hydrogens (tertiary/aromatic N) is 2. The van der Waals surface area contributed by atoms with Gasteiger partial charge in [0.05, 0.1) is 28.2 Å². The van der Waals surface area contributed by atoms with Gasteiger partial charge >= 0.3 is 0 Å². The van der Waals surface area contributed by atoms with Crippen molar-refractivity contribution in [1.82, 2.24) is 15.1 Å². The number of sulfone groups is 1. The first-order chi connectivity index (χ1) is 16.5. The third-order valence-electron chi connectivity index (χ3n) is 6.07. The van der Waals surface area contributed by atoms with Crippen molar-refractivity contribution in [2.45, 2.75) is 18.9 Å². The smallest absolute Gasteiger partial charge is 0.251 e. The zero-order valence-electron chi connectivity index (χ0n) is 18.6. The molecule has 0 radical (unpaired) electrons. The van der Waals surface area contributed by atoms with E-state index in [1.165, 1.54) is 12.1 Å². The number of benzene rings is 3. The molecule has 1 aromatic heterocycles. The Hall–Kier alpha value is -2.94. The quantitative estimate of drug-likeness (QED) is 0.379. The van der Waals surface area contributed by atoms with Gasteiger partial charge < -0.3 is 5.32 Å². The van der Waals surface area contributed by atoms with E-state index in [1.54, 1.807) is 60.1 Å². The Bertz CT molecular complexity index is 1570. The molecule has 180 valence electrons. The van der Waals surface area contributed by atoms with E-state index in [-0.39, 0.29) is 23.2 Å². The second-order valence-electron chi connectivity index (χ2n) is 8.98. The van der Waals surface area contributed by atoms with Crippen LogP contribution < -0.4 is 5.32 Å². The molecule has 1 fully saturated rings. The van der Waals surface area contributed by atoms with E-state index >= 15 is 0 Å². The minimum Gasteiger partial charge on any atom is -0.346 e. The van der Waals surface area contributed by atoms with Crippen molar-refractivity contribution in [3.05, 3.63) is 82.1 Å². The summed E-state index contributed by atoms with van der Waals surface area (Å²) in [5.41, 5.74) is 2.01. The molecule has 1 unspecified atom stereocenters. The summed E-state index contributed by atoms with van der Waals surface area (Å²) in [6, 6.07) is 16.1. The molecule has 35 heavy (non-hydrogen) atoms. The van der Waals surface area contributed by atoms with Crippen molar-refractivity contribution in [3.8, 4) is 16.9 Å². The van der Waals surface area contributed by atoms with Crippen molar-refractivity contribution in [3.63, 3.8) is 0 Å². The predicted octanol–water partition coefficient (Wildman–Crippen LogP) is 5.45. The van der Waals surface area contributed by atoms with Crippen molar-refractivity contribution in [2.24, 2.45) is 0 Å². The Morgan fingerprint density at radius 3 is 2.37 bits per heavy atom. The van der Waals surface area contributed by atoms with Crippen LogP contribution in [0.25, 0.3) is 27.8 Å². The second-order valence-corrected chi connectivity index (χ2v) is 12.0. The molecule has 1 N–H and O–H groups in total. The Balaban J connectivity index is 1.62. The zero-order valence-corrected chi connectivity index (χ0v) is 20.9. The normalized spacial score (nSPS) is 19.2. The number of carbonyl (C=O) groups excluding carboxylic acids is 1. The van der Waals surface area contributed by atoms with Gasteiger partial charge in [0.2, 0.25) is 0 Å². The highest BCUT2D eigenvalue weighted by molar-refractivity contribution is 7.91. The lowest BCUT2D eigenvalue weighted by Gasteiger charge is -2.23. The van der Waals surface area contributed by atoms with Crippen LogP contribution in [0.15, 0.2) is 60.7 Å². The monoisotopic (exact) mass is 531 g/mol. The number of aromatic nitrogens is 2. The number of halogens is 3. The summed E-state index contributed by atoms with van der Waals surface area (Å²) in [5.74, 6) is -0.815. The fraction of sp³-hybridized carbons (Fsp3) is 0.200. The van der Waals surface area contributed by atoms with E-state index in [0.717, 1.165) is 5.39 Å². The first kappa shape index (κ1) is 23.8. The summed E-state index contributed by atoms with van der Waals surface area (Å²) in [6.45, 7) is 1.73. The molecule has 1 aliphatic heterocycles. The van der Waals surface area contributed by atoms with Gasteiger partial charge in [-0.15, -0.1) is 0 Å². The van der Waals surface area contributed by atoms with Crippen LogP contribution in [0, 0.1) is 5.82 Å². The highest BCUT2D eigenvalue weighted by Crippen LogP contribution is 2.34. The van der Waals surface area contributed by atoms with Crippen LogP contribution in [-0.4, -0.2) is 41.2 Å². The van der Waals surface area contributed by atoms with Crippen LogP contribution in [-0.2, 0) is 9.84 Å². The van der Waals surface area contributed by atoms with Crippen LogP contribution in [0.4, 0.5) is 4.39 Å². The fourth-order valence-corrected chi connectivity index (χ4v) is 7.01. The van der Waals surface area contributed by atoms with Gasteiger partial charge in [-0.3, -0.25) is 4.79 Å². The lowest BCUT2D eigenvalue weighted by Crippen LogP contribution is -2.46. The molecule has 10 heteroatoms. The SMILES string of the molecule is CC1(NC(=O)c2ccc3c(-c4cc(Cl)cc(Cl)c4)nn(-c4ccc(F)cc4)c3c2)CCS(=O)(=O)C1. The maximum atomic E-state index is 13.6. The summed E-state index contributed by atoms with van der Waals surface area (Å²) < 4.78 is 39.1. The van der Waals surface area contributed by atoms with Gasteiger partial charge in [0.15, 0.2) is 9.84 Å². The molecule has 3 aromatic carbocycles. The van der Waals surface area contributed by atoms with Crippen molar-refractivity contribution < 1.29 is 17.6 Å². The van der Waals surface area contributed by atoms with E-state index in [2.05, 4.69) is 5.32 Å². The molecule has 1 atom stereocenters. The van der Waals surface area contributed by atoms with Gasteiger partial charge in [-0.1, -0.05) is 23.2 Å². The molecule has 1 amide bonds. The van der Waals surface area contributed by atoms with Gasteiger partial charge in [-0.25, -0.2) is 17.5 Å². The summed E-state index contributed by atoms with van der Waals surface area (Å²) in [4.78, 5) is 13.1. The van der Waals surface area contributed by atoms with Crippen molar-refractivity contribution in [1.29, 1.82) is 0 Å². The number of amides is 1. The highest BCUT2D eigenvalue weighted by atomic mass is 35.5. The second kappa shape index (κ2) is 8.62. The van der Waals surface area contributed by atoms with Crippen molar-refractivity contribution >= 4 is 49.8 Å². The number of rotatable bonds is 4. The van der Waals surface area contributed by atoms with Gasteiger partial charge in [0, 0.05) is 26.6 Å². The number of nitrogens with one attached hydrogen (secondary N) is 1. The molecule has 2 heterocycles. The molecule has 5 rings (SSSR count). The number of hydrogen-bond donors (Lipinski definition) is 1. The Morgan fingerprint density at radius 1 is 1.06 bits per heavy atom. The van der Waals surface area contributed by atoms with E-state index in [1.807, 2.05) is 0 Å². The summed E-state index contributed by atoms with van der Waals surface area (Å²) in [6.07, 6.45) is 0.358. The van der Waals surface area contributed by atoms with E-state index in [4.69, 9.17) is 28.3 Å². The van der Waals surface area contributed by atoms with Gasteiger partial charge in [-0.05, 0) is 74.0 Å². The first-order valence-electron chi connectivity index (χ1n) is 10.8. The fourth-order valence-electron chi connectivity index (χ4n) is 4.39. The molecule has 1 saturated heterocycles. The molecule has 1 aliphatic rings. The summed E-state index contributed by atoms with van der Waals surface area (Å²) in [7, 11) is -3.18. The number of carbonyl (C=O) groups is 1. The molecule has 4 aromatic rings. The number of hydrogen-bond acceptors (Lipinski definition) is 4. The average Bonchev–Trinajstić information content (AvgIpc) is 3.29. The maximum absolute atomic E-state index is 13.6. The average molecular weight is 532 g/mol. The van der Waals surface area contributed by atoms with Crippen molar-refractivity contribution in [2.75, 3.05) is 11.5 Å². The Kier molecular flexibility index (Phi) is 5.86. The van der Waals surface area contributed by atoms with E-state index in [9.17, 15) is 17.6 Å². The lowest BCUT2D eigenvalue weighted by atomic mass is 10.0. The third-order valence-corrected chi connectivity index (χ3v) is 8.41. The van der Waals surface area contributed by atoms with Crippen LogP contribution >= 0.6 is 23.2 Å². The Morgan fingerprint density at radius 2 is 1.74 bits per heavy atom. The largest absolute Gasteiger partial charge is 0.346 e. The summed E-state index contributed by atoms with van der Waals surface area (Å²) >= 11 is 12.4. The van der Waals surface area contributed by atoms with Crippen LogP contribution in [0.2, 0.25) is 10.0 Å². The molecular formula is C25H20Cl2FN3O3S. The maximum Gasteiger partial charge on any atom is 0.251 e. The predicted molar refractivity (Wildman–Crippen MR) is 136 cm³/mol. The van der Waals surface area contributed by atoms with Crippen LogP contribution in [0.3, 0.4) is 0 Å². The number of fused-ring (bicyclic) bond motifs is 1. The summed E-state index contributed by atoms with van der Waals surface area (Å²) in [5, 5.41) is 9.26. The molecule has 0 bridgehead atoms. The zero-order chi connectivity index (χ0) is 25.0. The topological polar surface area (TPSA) is 81.1 Å². The van der Waals surface area contributed by atoms with Crippen LogP contribution in [0.1, 0.15) is 23.7 Å². The standard InChI is InChI=1S/C25H20Cl2FN3O3S/c1-25(8-9-35(33,34)14-25)29-24(32)15-2-7-21-22(12-15)31(20-5-3-19(28)4-6-20)30-23(21)16-10-17(26)13-18(27)11-16/h2-7,10-13H,8-9,14H2,1H3,(H,29,32). The Labute approximate surface area is 211 Å². The molecule has 6 nitrogen and oxygen atoms in total. The lowest BCUT2D eigenvalue weighted by molar-refractivity contribution is 0.0915. The first-order valence-corrected chi connectivity index (χ1v) is 13.4. The minimum absolute atomic E-state index is 0.0473. The molecule has 0 saturated carbocycles. The minimum atomic E-state index is -3.18. The van der Waals surface area contributed by atoms with Crippen LogP contribution in [0.5, 0.6) is 0 Å². The van der Waals surface area contributed by atoms with E-state index in [0.29, 0.717) is 44.5 Å². The highest BCUT2D eigenvalue weighted by Gasteiger charge is 2.39. The van der Waals surface area contributed by atoms with Gasteiger partial charge in [0.25, 0.3) is 5.91 Å². The third kappa shape index (κ3) is 4.78. The molecular weight excluding hydrogens is 512 g/mol. The van der Waals surface area contributed by atoms with Gasteiger partial charge in [0.1, 0.15) is 11.5 Å². The van der Waals surface area contributed by atoms with Gasteiger partial charge in [-0.2, -0.15) is 5.10 Å².